The lowest BCUT2D eigenvalue weighted by Crippen LogP contribution is -2.15. The molecule has 7 nitrogen and oxygen atoms in total. The van der Waals surface area contributed by atoms with Crippen LogP contribution in [0.15, 0.2) is 24.5 Å². The molecule has 1 aliphatic carbocycles. The van der Waals surface area contributed by atoms with Gasteiger partial charge < -0.3 is 14.8 Å². The first-order valence-corrected chi connectivity index (χ1v) is 8.22. The summed E-state index contributed by atoms with van der Waals surface area (Å²) >= 11 is 0. The van der Waals surface area contributed by atoms with Crippen molar-refractivity contribution in [3.05, 3.63) is 41.3 Å². The number of rotatable bonds is 3. The van der Waals surface area contributed by atoms with Gasteiger partial charge in [0.2, 0.25) is 6.79 Å². The second kappa shape index (κ2) is 5.36. The van der Waals surface area contributed by atoms with Gasteiger partial charge in [0.25, 0.3) is 5.78 Å². The quantitative estimate of drug-likeness (QED) is 0.797. The molecule has 0 bridgehead atoms. The molecular weight excluding hydrogens is 306 g/mol. The van der Waals surface area contributed by atoms with Gasteiger partial charge in [-0.3, -0.25) is 0 Å². The van der Waals surface area contributed by atoms with Gasteiger partial charge in [-0.05, 0) is 43.4 Å². The fourth-order valence-corrected chi connectivity index (χ4v) is 3.40. The van der Waals surface area contributed by atoms with Crippen LogP contribution in [-0.2, 0) is 19.4 Å². The molecule has 7 heteroatoms. The minimum atomic E-state index is 0.295. The number of fused-ring (bicyclic) bond motifs is 3. The minimum Gasteiger partial charge on any atom is -0.454 e. The van der Waals surface area contributed by atoms with Crippen LogP contribution in [-0.4, -0.2) is 26.4 Å². The molecule has 3 aromatic rings. The average molecular weight is 323 g/mol. The zero-order valence-electron chi connectivity index (χ0n) is 13.2. The normalized spacial score (nSPS) is 15.5. The molecule has 1 N–H and O–H groups in total. The molecule has 0 amide bonds. The first-order chi connectivity index (χ1) is 11.9. The van der Waals surface area contributed by atoms with E-state index >= 15 is 0 Å². The van der Waals surface area contributed by atoms with Gasteiger partial charge in [-0.25, -0.2) is 4.98 Å². The smallest absolute Gasteiger partial charge is 0.254 e. The second-order valence-electron chi connectivity index (χ2n) is 6.11. The van der Waals surface area contributed by atoms with Crippen LogP contribution >= 0.6 is 0 Å². The minimum absolute atomic E-state index is 0.295. The molecule has 1 aromatic carbocycles. The van der Waals surface area contributed by atoms with E-state index in [0.717, 1.165) is 41.4 Å². The summed E-state index contributed by atoms with van der Waals surface area (Å²) in [7, 11) is 0. The molecule has 1 aliphatic heterocycles. The van der Waals surface area contributed by atoms with E-state index in [2.05, 4.69) is 20.4 Å². The molecular formula is C17H17N5O2. The topological polar surface area (TPSA) is 73.6 Å². The van der Waals surface area contributed by atoms with Crippen LogP contribution in [0.5, 0.6) is 11.5 Å². The number of hydrogen-bond donors (Lipinski definition) is 1. The number of aryl methyl sites for hydroxylation is 1. The maximum atomic E-state index is 5.45. The van der Waals surface area contributed by atoms with E-state index in [9.17, 15) is 0 Å². The molecule has 0 spiro atoms. The zero-order chi connectivity index (χ0) is 15.9. The maximum absolute atomic E-state index is 5.45. The summed E-state index contributed by atoms with van der Waals surface area (Å²) in [5.41, 5.74) is 3.55. The van der Waals surface area contributed by atoms with Crippen molar-refractivity contribution in [3.8, 4) is 11.5 Å². The highest BCUT2D eigenvalue weighted by atomic mass is 16.7. The SMILES string of the molecule is c1nc2nc3c(c(NCc4ccc5c(c4)OCO5)n2n1)CCCC3. The van der Waals surface area contributed by atoms with E-state index in [4.69, 9.17) is 9.47 Å². The Morgan fingerprint density at radius 3 is 3.04 bits per heavy atom. The van der Waals surface area contributed by atoms with E-state index in [0.29, 0.717) is 19.1 Å². The van der Waals surface area contributed by atoms with Crippen molar-refractivity contribution < 1.29 is 9.47 Å². The van der Waals surface area contributed by atoms with Crippen molar-refractivity contribution in [2.75, 3.05) is 12.1 Å². The molecule has 3 heterocycles. The summed E-state index contributed by atoms with van der Waals surface area (Å²) in [5.74, 6) is 3.27. The fourth-order valence-electron chi connectivity index (χ4n) is 3.40. The van der Waals surface area contributed by atoms with Gasteiger partial charge in [0.1, 0.15) is 12.1 Å². The summed E-state index contributed by atoms with van der Waals surface area (Å²) in [5, 5.41) is 7.87. The lowest BCUT2D eigenvalue weighted by Gasteiger charge is -2.20. The third kappa shape index (κ3) is 2.16. The summed E-state index contributed by atoms with van der Waals surface area (Å²) in [6.07, 6.45) is 5.97. The van der Waals surface area contributed by atoms with Crippen molar-refractivity contribution in [2.45, 2.75) is 32.2 Å². The summed E-state index contributed by atoms with van der Waals surface area (Å²) in [4.78, 5) is 8.91. The van der Waals surface area contributed by atoms with E-state index in [1.165, 1.54) is 18.4 Å². The Morgan fingerprint density at radius 1 is 1.12 bits per heavy atom. The van der Waals surface area contributed by atoms with Crippen molar-refractivity contribution in [1.29, 1.82) is 0 Å². The van der Waals surface area contributed by atoms with Crippen molar-refractivity contribution in [1.82, 2.24) is 19.6 Å². The van der Waals surface area contributed by atoms with Gasteiger partial charge >= 0.3 is 0 Å². The molecule has 2 aliphatic rings. The monoisotopic (exact) mass is 323 g/mol. The molecule has 122 valence electrons. The second-order valence-corrected chi connectivity index (χ2v) is 6.11. The first kappa shape index (κ1) is 13.6. The van der Waals surface area contributed by atoms with Crippen LogP contribution < -0.4 is 14.8 Å². The van der Waals surface area contributed by atoms with E-state index in [-0.39, 0.29) is 0 Å². The average Bonchev–Trinajstić information content (AvgIpc) is 3.26. The van der Waals surface area contributed by atoms with Crippen LogP contribution in [0.3, 0.4) is 0 Å². The van der Waals surface area contributed by atoms with Gasteiger partial charge in [0.05, 0.1) is 5.69 Å². The third-order valence-corrected chi connectivity index (χ3v) is 4.60. The molecule has 2 aromatic heterocycles. The van der Waals surface area contributed by atoms with Crippen molar-refractivity contribution >= 4 is 11.6 Å². The Morgan fingerprint density at radius 2 is 2.04 bits per heavy atom. The van der Waals surface area contributed by atoms with Crippen LogP contribution in [0, 0.1) is 0 Å². The third-order valence-electron chi connectivity index (χ3n) is 4.60. The van der Waals surface area contributed by atoms with E-state index in [1.807, 2.05) is 18.2 Å². The van der Waals surface area contributed by atoms with Crippen LogP contribution in [0.4, 0.5) is 5.82 Å². The Labute approximate surface area is 138 Å². The molecule has 0 unspecified atom stereocenters. The van der Waals surface area contributed by atoms with Gasteiger partial charge in [-0.15, -0.1) is 0 Å². The van der Waals surface area contributed by atoms with Crippen molar-refractivity contribution in [2.24, 2.45) is 0 Å². The number of aromatic nitrogens is 4. The van der Waals surface area contributed by atoms with Gasteiger partial charge in [0, 0.05) is 12.1 Å². The highest BCUT2D eigenvalue weighted by Gasteiger charge is 2.20. The van der Waals surface area contributed by atoms with Gasteiger partial charge in [-0.2, -0.15) is 14.6 Å². The van der Waals surface area contributed by atoms with E-state index in [1.54, 1.807) is 10.8 Å². The predicted octanol–water partition coefficient (Wildman–Crippen LogP) is 2.34. The fraction of sp³-hybridized carbons (Fsp3) is 0.353. The predicted molar refractivity (Wildman–Crippen MR) is 87.3 cm³/mol. The molecule has 0 saturated heterocycles. The molecule has 0 fully saturated rings. The van der Waals surface area contributed by atoms with E-state index < -0.39 is 0 Å². The highest BCUT2D eigenvalue weighted by molar-refractivity contribution is 5.54. The summed E-state index contributed by atoms with van der Waals surface area (Å²) < 4.78 is 12.6. The number of ether oxygens (including phenoxy) is 2. The number of benzene rings is 1. The van der Waals surface area contributed by atoms with Gasteiger partial charge in [-0.1, -0.05) is 6.07 Å². The Bertz CT molecular complexity index is 921. The summed E-state index contributed by atoms with van der Waals surface area (Å²) in [6, 6.07) is 6.01. The Hall–Kier alpha value is -2.83. The van der Waals surface area contributed by atoms with Crippen molar-refractivity contribution in [3.63, 3.8) is 0 Å². The first-order valence-electron chi connectivity index (χ1n) is 8.22. The lowest BCUT2D eigenvalue weighted by atomic mass is 9.96. The Kier molecular flexibility index (Phi) is 3.04. The highest BCUT2D eigenvalue weighted by Crippen LogP contribution is 2.33. The molecule has 0 atom stereocenters. The number of nitrogens with zero attached hydrogens (tertiary/aromatic N) is 4. The number of nitrogens with one attached hydrogen (secondary N) is 1. The largest absolute Gasteiger partial charge is 0.454 e. The summed E-state index contributed by atoms with van der Waals surface area (Å²) in [6.45, 7) is 0.978. The maximum Gasteiger partial charge on any atom is 0.254 e. The van der Waals surface area contributed by atoms with Crippen LogP contribution in [0.1, 0.15) is 29.7 Å². The van der Waals surface area contributed by atoms with Crippen LogP contribution in [0.2, 0.25) is 0 Å². The number of anilines is 1. The standard InChI is InChI=1S/C17H17N5O2/c1-2-4-13-12(3-1)16(22-17(21-13)19-9-20-22)18-8-11-5-6-14-15(7-11)24-10-23-14/h5-7,9,18H,1-4,8,10H2. The van der Waals surface area contributed by atoms with Gasteiger partial charge in [0.15, 0.2) is 11.5 Å². The molecule has 5 rings (SSSR count). The van der Waals surface area contributed by atoms with Crippen LogP contribution in [0.25, 0.3) is 5.78 Å². The molecule has 0 saturated carbocycles. The lowest BCUT2D eigenvalue weighted by molar-refractivity contribution is 0.174. The number of hydrogen-bond acceptors (Lipinski definition) is 6. The molecule has 0 radical (unpaired) electrons. The zero-order valence-corrected chi connectivity index (χ0v) is 13.2. The Balaban J connectivity index is 1.49. The molecule has 24 heavy (non-hydrogen) atoms.